The van der Waals surface area contributed by atoms with Crippen molar-refractivity contribution in [3.05, 3.63) is 0 Å². The van der Waals surface area contributed by atoms with Gasteiger partial charge in [0.15, 0.2) is 0 Å². The van der Waals surface area contributed by atoms with E-state index < -0.39 is 0 Å². The van der Waals surface area contributed by atoms with Crippen LogP contribution in [0.2, 0.25) is 0 Å². The van der Waals surface area contributed by atoms with Gasteiger partial charge in [0.1, 0.15) is 6.61 Å². The van der Waals surface area contributed by atoms with Crippen LogP contribution < -0.4 is 5.32 Å². The van der Waals surface area contributed by atoms with Gasteiger partial charge in [0.05, 0.1) is 5.71 Å². The van der Waals surface area contributed by atoms with Gasteiger partial charge in [-0.3, -0.25) is 9.59 Å². The summed E-state index contributed by atoms with van der Waals surface area (Å²) >= 11 is 0. The highest BCUT2D eigenvalue weighted by atomic mass is 35.5. The van der Waals surface area contributed by atoms with Gasteiger partial charge < -0.3 is 10.2 Å². The molecule has 0 spiro atoms. The summed E-state index contributed by atoms with van der Waals surface area (Å²) in [6.07, 6.45) is 10.7. The van der Waals surface area contributed by atoms with Crippen LogP contribution in [0.15, 0.2) is 5.16 Å². The molecule has 30 heavy (non-hydrogen) atoms. The van der Waals surface area contributed by atoms with Crippen molar-refractivity contribution in [2.24, 2.45) is 39.7 Å². The maximum absolute atomic E-state index is 13.3. The molecule has 1 unspecified atom stereocenters. The van der Waals surface area contributed by atoms with E-state index in [9.17, 15) is 9.59 Å². The lowest BCUT2D eigenvalue weighted by molar-refractivity contribution is -0.164. The molecule has 1 saturated heterocycles. The Balaban J connectivity index is 0.00000218. The van der Waals surface area contributed by atoms with E-state index in [-0.39, 0.29) is 46.6 Å². The minimum Gasteiger partial charge on any atom is -0.394 e. The third-order valence-corrected chi connectivity index (χ3v) is 9.58. The third kappa shape index (κ3) is 3.44. The molecule has 5 aliphatic rings. The van der Waals surface area contributed by atoms with Crippen molar-refractivity contribution < 1.29 is 14.4 Å². The van der Waals surface area contributed by atoms with E-state index in [1.165, 1.54) is 25.7 Å². The Labute approximate surface area is 186 Å². The molecule has 4 saturated carbocycles. The lowest BCUT2D eigenvalue weighted by atomic mass is 9.44. The summed E-state index contributed by atoms with van der Waals surface area (Å²) in [5.41, 5.74) is 1.21. The van der Waals surface area contributed by atoms with E-state index in [1.807, 2.05) is 0 Å². The van der Waals surface area contributed by atoms with Gasteiger partial charge in [0, 0.05) is 17.9 Å². The maximum atomic E-state index is 13.3. The fourth-order valence-corrected chi connectivity index (χ4v) is 7.76. The molecule has 168 valence electrons. The minimum absolute atomic E-state index is 0. The number of nitrogens with zero attached hydrogens (tertiary/aromatic N) is 1. The lowest BCUT2D eigenvalue weighted by Crippen LogP contribution is -2.60. The molecule has 6 heteroatoms. The molecule has 4 aliphatic carbocycles. The monoisotopic (exact) mass is 436 g/mol. The predicted molar refractivity (Wildman–Crippen MR) is 119 cm³/mol. The molecule has 1 N–H and O–H groups in total. The van der Waals surface area contributed by atoms with Crippen LogP contribution in [-0.2, 0) is 14.4 Å². The lowest BCUT2D eigenvalue weighted by Gasteiger charge is -2.58. The van der Waals surface area contributed by atoms with E-state index >= 15 is 0 Å². The van der Waals surface area contributed by atoms with E-state index in [1.54, 1.807) is 0 Å². The van der Waals surface area contributed by atoms with Crippen LogP contribution in [0.5, 0.6) is 0 Å². The summed E-state index contributed by atoms with van der Waals surface area (Å²) in [5, 5.41) is 7.83. The molecule has 7 atom stereocenters. The van der Waals surface area contributed by atoms with E-state index in [0.717, 1.165) is 44.4 Å². The zero-order valence-electron chi connectivity index (χ0n) is 18.5. The van der Waals surface area contributed by atoms with Crippen LogP contribution in [0.25, 0.3) is 0 Å². The van der Waals surface area contributed by atoms with Gasteiger partial charge in [-0.05, 0) is 87.0 Å². The number of oxime groups is 1. The Morgan fingerprint density at radius 3 is 2.63 bits per heavy atom. The fraction of sp³-hybridized carbons (Fsp3) is 0.875. The van der Waals surface area contributed by atoms with Gasteiger partial charge in [-0.2, -0.15) is 0 Å². The largest absolute Gasteiger partial charge is 0.394 e. The Morgan fingerprint density at radius 1 is 1.03 bits per heavy atom. The van der Waals surface area contributed by atoms with Crippen molar-refractivity contribution in [1.82, 2.24) is 5.32 Å². The second kappa shape index (κ2) is 8.20. The Kier molecular flexibility index (Phi) is 6.08. The van der Waals surface area contributed by atoms with Crippen molar-refractivity contribution in [3.8, 4) is 0 Å². The SMILES string of the molecule is C[C@@]12CCC[C@H]1[C@@H]1C(=O)C(=O)C3C/C(=N/OC[C@@H]4CCCN4)CC[C@]3(C)[C@H]1CC2.Cl. The smallest absolute Gasteiger partial charge is 0.202 e. The molecule has 1 aliphatic heterocycles. The number of hydrogen-bond acceptors (Lipinski definition) is 5. The van der Waals surface area contributed by atoms with Crippen LogP contribution in [0.3, 0.4) is 0 Å². The number of nitrogens with one attached hydrogen (secondary N) is 1. The topological polar surface area (TPSA) is 67.8 Å². The molecular weight excluding hydrogens is 400 g/mol. The number of fused-ring (bicyclic) bond motifs is 5. The third-order valence-electron chi connectivity index (χ3n) is 9.58. The van der Waals surface area contributed by atoms with Gasteiger partial charge in [-0.25, -0.2) is 0 Å². The highest BCUT2D eigenvalue weighted by Crippen LogP contribution is 2.64. The molecule has 1 heterocycles. The van der Waals surface area contributed by atoms with E-state index in [2.05, 4.69) is 24.3 Å². The average molecular weight is 437 g/mol. The standard InChI is InChI=1S/C24H36N2O3.ClH/c1-23-9-3-6-17(23)20-18(8-10-23)24(2)11-7-15(13-19(24)21(27)22(20)28)26-29-14-16-5-4-12-25-16;/h16-20,25H,3-14H2,1-2H3;1H/b26-15+;/t16-,17-,18-,19?,20-,23-,24+;/m0./s1. The van der Waals surface area contributed by atoms with Crippen LogP contribution in [0, 0.1) is 34.5 Å². The molecule has 0 aromatic rings. The summed E-state index contributed by atoms with van der Waals surface area (Å²) in [6, 6.07) is 0.398. The first-order valence-electron chi connectivity index (χ1n) is 11.9. The number of rotatable bonds is 3. The molecule has 0 aromatic heterocycles. The normalized spacial score (nSPS) is 46.7. The molecule has 5 nitrogen and oxygen atoms in total. The zero-order valence-corrected chi connectivity index (χ0v) is 19.3. The summed E-state index contributed by atoms with van der Waals surface area (Å²) in [5.74, 6) is 0.435. The fourth-order valence-electron chi connectivity index (χ4n) is 7.76. The molecule has 5 fully saturated rings. The number of ketones is 2. The van der Waals surface area contributed by atoms with Crippen LogP contribution in [0.1, 0.15) is 78.1 Å². The van der Waals surface area contributed by atoms with Crippen LogP contribution in [0.4, 0.5) is 0 Å². The maximum Gasteiger partial charge on any atom is 0.202 e. The van der Waals surface area contributed by atoms with Crippen LogP contribution >= 0.6 is 12.4 Å². The Hall–Kier alpha value is -0.940. The van der Waals surface area contributed by atoms with Gasteiger partial charge >= 0.3 is 0 Å². The number of Topliss-reactive ketones (excluding diaryl/α,β-unsaturated/α-hetero) is 2. The van der Waals surface area contributed by atoms with Crippen molar-refractivity contribution >= 4 is 29.7 Å². The zero-order chi connectivity index (χ0) is 20.2. The number of hydrogen-bond donors (Lipinski definition) is 1. The molecule has 0 bridgehead atoms. The van der Waals surface area contributed by atoms with Crippen molar-refractivity contribution in [2.75, 3.05) is 13.2 Å². The number of carbonyl (C=O) groups excluding carboxylic acids is 2. The molecule has 0 aromatic carbocycles. The summed E-state index contributed by atoms with van der Waals surface area (Å²) in [6.45, 7) is 6.33. The molecule has 0 amide bonds. The van der Waals surface area contributed by atoms with E-state index in [4.69, 9.17) is 4.84 Å². The highest BCUT2D eigenvalue weighted by molar-refractivity contribution is 6.40. The molecular formula is C24H37ClN2O3. The Bertz CT molecular complexity index is 734. The first-order valence-corrected chi connectivity index (χ1v) is 11.9. The summed E-state index contributed by atoms with van der Waals surface area (Å²) in [4.78, 5) is 32.2. The minimum atomic E-state index is -0.192. The first-order chi connectivity index (χ1) is 13.9. The Morgan fingerprint density at radius 2 is 1.87 bits per heavy atom. The van der Waals surface area contributed by atoms with Gasteiger partial charge in [-0.1, -0.05) is 25.4 Å². The number of halogens is 1. The second-order valence-electron chi connectivity index (χ2n) is 11.1. The summed E-state index contributed by atoms with van der Waals surface area (Å²) in [7, 11) is 0. The van der Waals surface area contributed by atoms with Gasteiger partial charge in [-0.15, -0.1) is 12.4 Å². The van der Waals surface area contributed by atoms with Gasteiger partial charge in [0.2, 0.25) is 11.6 Å². The van der Waals surface area contributed by atoms with Crippen molar-refractivity contribution in [3.63, 3.8) is 0 Å². The highest BCUT2D eigenvalue weighted by Gasteiger charge is 2.63. The molecule has 5 rings (SSSR count). The predicted octanol–water partition coefficient (Wildman–Crippen LogP) is 4.32. The molecule has 0 radical (unpaired) electrons. The van der Waals surface area contributed by atoms with Gasteiger partial charge in [0.25, 0.3) is 0 Å². The average Bonchev–Trinajstić information content (AvgIpc) is 3.35. The second-order valence-corrected chi connectivity index (χ2v) is 11.1. The van der Waals surface area contributed by atoms with E-state index in [0.29, 0.717) is 30.9 Å². The summed E-state index contributed by atoms with van der Waals surface area (Å²) < 4.78 is 0. The quantitative estimate of drug-likeness (QED) is 0.528. The first kappa shape index (κ1) is 22.3. The number of carbonyl (C=O) groups is 2. The van der Waals surface area contributed by atoms with Crippen LogP contribution in [-0.4, -0.2) is 36.5 Å². The van der Waals surface area contributed by atoms with Crippen molar-refractivity contribution in [1.29, 1.82) is 0 Å². The van der Waals surface area contributed by atoms with Crippen molar-refractivity contribution in [2.45, 2.75) is 84.1 Å².